The van der Waals surface area contributed by atoms with Crippen LogP contribution in [0.3, 0.4) is 0 Å². The minimum absolute atomic E-state index is 0.0399. The minimum atomic E-state index is -5.02. The van der Waals surface area contributed by atoms with E-state index >= 15 is 0 Å². The van der Waals surface area contributed by atoms with Gasteiger partial charge in [-0.2, -0.15) is 26.3 Å². The Hall–Kier alpha value is -3.15. The van der Waals surface area contributed by atoms with Gasteiger partial charge in [0.1, 0.15) is 11.7 Å². The van der Waals surface area contributed by atoms with E-state index in [0.29, 0.717) is 23.3 Å². The number of hydrogen-bond donors (Lipinski definition) is 0. The molecule has 5 nitrogen and oxygen atoms in total. The Balaban J connectivity index is 1.70. The molecule has 0 N–H and O–H groups in total. The van der Waals surface area contributed by atoms with Gasteiger partial charge in [-0.15, -0.1) is 0 Å². The largest absolute Gasteiger partial charge is 0.468 e. The summed E-state index contributed by atoms with van der Waals surface area (Å²) in [7, 11) is 1.15. The number of rotatable bonds is 5. The maximum atomic E-state index is 13.8. The smallest absolute Gasteiger partial charge is 0.416 e. The second kappa shape index (κ2) is 9.87. The standard InChI is InChI=1S/C26H24F7NO4/c1-12-6-17(27)4-5-18(12)22-20-10-19(24(36)37-3)23(35)34(20)11-21(22)38-13(2)14-7-15(25(28,29)30)9-16(8-14)26(31,32)33/h4-9,13,19-22H,10-11H2,1-3H3/t13-,19?,20+,21+,22?/m1/s1. The molecule has 0 saturated carbocycles. The average Bonchev–Trinajstić information content (AvgIpc) is 3.33. The lowest BCUT2D eigenvalue weighted by Crippen LogP contribution is -2.33. The quantitative estimate of drug-likeness (QED) is 0.270. The molecule has 2 saturated heterocycles. The predicted molar refractivity (Wildman–Crippen MR) is 119 cm³/mol. The van der Waals surface area contributed by atoms with Crippen molar-refractivity contribution in [1.29, 1.82) is 0 Å². The second-order valence-corrected chi connectivity index (χ2v) is 9.55. The van der Waals surface area contributed by atoms with Gasteiger partial charge in [-0.05, 0) is 67.3 Å². The fourth-order valence-electron chi connectivity index (χ4n) is 5.40. The van der Waals surface area contributed by atoms with Gasteiger partial charge in [0.25, 0.3) is 0 Å². The Labute approximate surface area is 213 Å². The van der Waals surface area contributed by atoms with Crippen LogP contribution in [0.15, 0.2) is 36.4 Å². The summed E-state index contributed by atoms with van der Waals surface area (Å²) >= 11 is 0. The molecular weight excluding hydrogens is 523 g/mol. The number of ether oxygens (including phenoxy) is 2. The van der Waals surface area contributed by atoms with Gasteiger partial charge in [-0.25, -0.2) is 4.39 Å². The van der Waals surface area contributed by atoms with Crippen LogP contribution in [0, 0.1) is 18.7 Å². The van der Waals surface area contributed by atoms with Crippen molar-refractivity contribution >= 4 is 11.9 Å². The number of hydrogen-bond acceptors (Lipinski definition) is 4. The van der Waals surface area contributed by atoms with Crippen LogP contribution in [-0.2, 0) is 31.4 Å². The van der Waals surface area contributed by atoms with Crippen molar-refractivity contribution in [2.45, 2.75) is 56.8 Å². The van der Waals surface area contributed by atoms with Crippen molar-refractivity contribution in [3.8, 4) is 0 Å². The first kappa shape index (κ1) is 27.9. The average molecular weight is 547 g/mol. The highest BCUT2D eigenvalue weighted by Crippen LogP contribution is 2.46. The monoisotopic (exact) mass is 547 g/mol. The van der Waals surface area contributed by atoms with Crippen LogP contribution in [0.1, 0.15) is 53.2 Å². The van der Waals surface area contributed by atoms with Gasteiger partial charge in [-0.1, -0.05) is 6.07 Å². The summed E-state index contributed by atoms with van der Waals surface area (Å²) in [6.07, 6.45) is -12.0. The molecule has 0 aromatic heterocycles. The Morgan fingerprint density at radius 1 is 1.03 bits per heavy atom. The highest BCUT2D eigenvalue weighted by atomic mass is 19.4. The van der Waals surface area contributed by atoms with Gasteiger partial charge < -0.3 is 14.4 Å². The molecule has 0 spiro atoms. The second-order valence-electron chi connectivity index (χ2n) is 9.55. The molecule has 12 heteroatoms. The van der Waals surface area contributed by atoms with Gasteiger partial charge in [0.15, 0.2) is 0 Å². The van der Waals surface area contributed by atoms with Gasteiger partial charge in [0.05, 0.1) is 30.4 Å². The van der Waals surface area contributed by atoms with Crippen molar-refractivity contribution in [3.05, 3.63) is 70.0 Å². The molecule has 0 aliphatic carbocycles. The number of methoxy groups -OCH3 is 1. The van der Waals surface area contributed by atoms with Crippen LogP contribution in [0.25, 0.3) is 0 Å². The van der Waals surface area contributed by atoms with E-state index in [4.69, 9.17) is 9.47 Å². The molecule has 1 amide bonds. The molecule has 2 aromatic rings. The van der Waals surface area contributed by atoms with Gasteiger partial charge >= 0.3 is 18.3 Å². The number of alkyl halides is 6. The normalized spacial score (nSPS) is 24.5. The Kier molecular flexibility index (Phi) is 7.24. The van der Waals surface area contributed by atoms with Crippen LogP contribution in [0.2, 0.25) is 0 Å². The number of nitrogens with zero attached hydrogens (tertiary/aromatic N) is 1. The summed E-state index contributed by atoms with van der Waals surface area (Å²) in [5.74, 6) is -3.41. The first-order valence-corrected chi connectivity index (χ1v) is 11.7. The van der Waals surface area contributed by atoms with Crippen molar-refractivity contribution in [3.63, 3.8) is 0 Å². The number of fused-ring (bicyclic) bond motifs is 1. The van der Waals surface area contributed by atoms with E-state index < -0.39 is 71.3 Å². The van der Waals surface area contributed by atoms with Crippen LogP contribution in [0.4, 0.5) is 30.7 Å². The zero-order chi connectivity index (χ0) is 28.2. The molecule has 2 aliphatic rings. The van der Waals surface area contributed by atoms with Crippen molar-refractivity contribution in [1.82, 2.24) is 4.90 Å². The van der Waals surface area contributed by atoms with Crippen LogP contribution in [0.5, 0.6) is 0 Å². The molecule has 2 heterocycles. The lowest BCUT2D eigenvalue weighted by atomic mass is 9.84. The molecule has 2 fully saturated rings. The third-order valence-corrected chi connectivity index (χ3v) is 7.19. The topological polar surface area (TPSA) is 55.8 Å². The molecule has 4 rings (SSSR count). The summed E-state index contributed by atoms with van der Waals surface area (Å²) in [6, 6.07) is 4.66. The molecule has 5 atom stereocenters. The summed E-state index contributed by atoms with van der Waals surface area (Å²) in [5.41, 5.74) is -2.16. The predicted octanol–water partition coefficient (Wildman–Crippen LogP) is 5.81. The van der Waals surface area contributed by atoms with E-state index in [0.717, 1.165) is 7.11 Å². The number of carbonyl (C=O) groups excluding carboxylic acids is 2. The molecule has 206 valence electrons. The molecule has 2 aliphatic heterocycles. The highest BCUT2D eigenvalue weighted by Gasteiger charge is 2.55. The van der Waals surface area contributed by atoms with Gasteiger partial charge in [0, 0.05) is 18.5 Å². The zero-order valence-electron chi connectivity index (χ0n) is 20.5. The zero-order valence-corrected chi connectivity index (χ0v) is 20.5. The van der Waals surface area contributed by atoms with Crippen molar-refractivity contribution < 1.29 is 49.8 Å². The van der Waals surface area contributed by atoms with E-state index in [1.54, 1.807) is 6.92 Å². The number of esters is 1. The molecule has 2 aromatic carbocycles. The van der Waals surface area contributed by atoms with Gasteiger partial charge in [0.2, 0.25) is 5.91 Å². The SMILES string of the molecule is COC(=O)C1C[C@H]2C(c3ccc(F)cc3C)[C@@H](O[C@H](C)c3cc(C(F)(F)F)cc(C(F)(F)F)c3)CN2C1=O. The van der Waals surface area contributed by atoms with Crippen molar-refractivity contribution in [2.24, 2.45) is 5.92 Å². The minimum Gasteiger partial charge on any atom is -0.468 e. The molecule has 2 unspecified atom stereocenters. The Morgan fingerprint density at radius 2 is 1.63 bits per heavy atom. The first-order valence-electron chi connectivity index (χ1n) is 11.7. The fourth-order valence-corrected chi connectivity index (χ4v) is 5.40. The van der Waals surface area contributed by atoms with Gasteiger partial charge in [-0.3, -0.25) is 9.59 Å². The van der Waals surface area contributed by atoms with Crippen LogP contribution < -0.4 is 0 Å². The number of amides is 1. The lowest BCUT2D eigenvalue weighted by Gasteiger charge is -2.28. The number of aryl methyl sites for hydroxylation is 1. The number of benzene rings is 2. The van der Waals surface area contributed by atoms with E-state index in [1.165, 1.54) is 30.0 Å². The fraction of sp³-hybridized carbons (Fsp3) is 0.462. The number of halogens is 7. The highest BCUT2D eigenvalue weighted by molar-refractivity contribution is 6.00. The Morgan fingerprint density at radius 3 is 2.16 bits per heavy atom. The lowest BCUT2D eigenvalue weighted by molar-refractivity contribution is -0.151. The van der Waals surface area contributed by atoms with E-state index in [-0.39, 0.29) is 24.6 Å². The van der Waals surface area contributed by atoms with Crippen LogP contribution >= 0.6 is 0 Å². The summed E-state index contributed by atoms with van der Waals surface area (Å²) in [6.45, 7) is 2.90. The molecule has 0 radical (unpaired) electrons. The maximum absolute atomic E-state index is 13.8. The molecule has 0 bridgehead atoms. The molecule has 38 heavy (non-hydrogen) atoms. The van der Waals surface area contributed by atoms with Crippen molar-refractivity contribution in [2.75, 3.05) is 13.7 Å². The Bertz CT molecular complexity index is 1210. The third kappa shape index (κ3) is 5.23. The maximum Gasteiger partial charge on any atom is 0.416 e. The third-order valence-electron chi connectivity index (χ3n) is 7.19. The van der Waals surface area contributed by atoms with E-state index in [1.807, 2.05) is 0 Å². The first-order chi connectivity index (χ1) is 17.6. The number of carbonyl (C=O) groups is 2. The van der Waals surface area contributed by atoms with E-state index in [9.17, 15) is 40.3 Å². The molecular formula is C26H24F7NO4. The van der Waals surface area contributed by atoms with Crippen LogP contribution in [-0.4, -0.2) is 42.6 Å². The summed E-state index contributed by atoms with van der Waals surface area (Å²) < 4.78 is 105. The van der Waals surface area contributed by atoms with E-state index in [2.05, 4.69) is 0 Å². The summed E-state index contributed by atoms with van der Waals surface area (Å²) in [5, 5.41) is 0. The summed E-state index contributed by atoms with van der Waals surface area (Å²) in [4.78, 5) is 26.5.